The van der Waals surface area contributed by atoms with Gasteiger partial charge in [-0.15, -0.1) is 0 Å². The molecule has 0 aliphatic rings. The van der Waals surface area contributed by atoms with Gasteiger partial charge < -0.3 is 15.0 Å². The molecule has 2 aromatic rings. The van der Waals surface area contributed by atoms with Crippen LogP contribution in [0.4, 0.5) is 5.82 Å². The molecule has 2 N–H and O–H groups in total. The van der Waals surface area contributed by atoms with E-state index in [0.29, 0.717) is 17.2 Å². The largest absolute Gasteiger partial charge is 0.384 e. The van der Waals surface area contributed by atoms with E-state index in [1.54, 1.807) is 48.1 Å². The Morgan fingerprint density at radius 1 is 1.42 bits per heavy atom. The number of aliphatic hydroxyl groups is 1. The number of carbonyl (C=O) groups excluding carboxylic acids is 1. The first-order valence-corrected chi connectivity index (χ1v) is 5.70. The van der Waals surface area contributed by atoms with Gasteiger partial charge in [0, 0.05) is 13.2 Å². The second kappa shape index (κ2) is 5.85. The van der Waals surface area contributed by atoms with E-state index in [9.17, 15) is 4.79 Å². The lowest BCUT2D eigenvalue weighted by Gasteiger charge is -2.05. The molecule has 19 heavy (non-hydrogen) atoms. The first kappa shape index (κ1) is 12.9. The summed E-state index contributed by atoms with van der Waals surface area (Å²) in [6, 6.07) is 8.66. The van der Waals surface area contributed by atoms with Gasteiger partial charge in [0.15, 0.2) is 0 Å². The topological polar surface area (TPSA) is 67.2 Å². The number of aromatic nitrogens is 2. The van der Waals surface area contributed by atoms with Gasteiger partial charge in [0.05, 0.1) is 0 Å². The smallest absolute Gasteiger partial charge is 0.273 e. The number of nitrogens with one attached hydrogen (secondary N) is 1. The summed E-state index contributed by atoms with van der Waals surface area (Å²) in [5.41, 5.74) is 1.05. The molecule has 0 spiro atoms. The number of pyridine rings is 1. The van der Waals surface area contributed by atoms with Gasteiger partial charge in [0.1, 0.15) is 23.8 Å². The number of rotatable bonds is 2. The summed E-state index contributed by atoms with van der Waals surface area (Å²) in [5.74, 6) is 5.39. The van der Waals surface area contributed by atoms with Gasteiger partial charge in [-0.05, 0) is 30.2 Å². The number of anilines is 1. The Balaban J connectivity index is 2.15. The van der Waals surface area contributed by atoms with Gasteiger partial charge in [0.25, 0.3) is 5.91 Å². The summed E-state index contributed by atoms with van der Waals surface area (Å²) >= 11 is 0. The minimum Gasteiger partial charge on any atom is -0.384 e. The van der Waals surface area contributed by atoms with Crippen molar-refractivity contribution in [2.75, 3.05) is 11.9 Å². The minimum absolute atomic E-state index is 0.221. The Labute approximate surface area is 110 Å². The molecule has 96 valence electrons. The van der Waals surface area contributed by atoms with Crippen LogP contribution in [0.1, 0.15) is 16.2 Å². The maximum atomic E-state index is 12.0. The summed E-state index contributed by atoms with van der Waals surface area (Å²) in [6.07, 6.45) is 1.80. The highest BCUT2D eigenvalue weighted by Crippen LogP contribution is 2.07. The lowest BCUT2D eigenvalue weighted by Crippen LogP contribution is -2.16. The normalized spacial score (nSPS) is 9.58. The molecule has 0 radical (unpaired) electrons. The Bertz CT molecular complexity index is 650. The standard InChI is InChI=1S/C14H13N3O2/c1-17-9-3-7-12(17)14(19)16-13-8-2-5-11(15-13)6-4-10-18/h2-3,5,7-9,18H,10H2,1H3,(H,15,16,19). The van der Waals surface area contributed by atoms with Crippen molar-refractivity contribution in [2.24, 2.45) is 7.05 Å². The molecule has 2 rings (SSSR count). The maximum absolute atomic E-state index is 12.0. The number of hydrogen-bond donors (Lipinski definition) is 2. The molecule has 1 amide bonds. The molecule has 0 aromatic carbocycles. The zero-order valence-electron chi connectivity index (χ0n) is 10.4. The first-order chi connectivity index (χ1) is 9.20. The van der Waals surface area contributed by atoms with Gasteiger partial charge in [-0.25, -0.2) is 4.98 Å². The van der Waals surface area contributed by atoms with Crippen molar-refractivity contribution in [3.63, 3.8) is 0 Å². The number of nitrogens with zero attached hydrogens (tertiary/aromatic N) is 2. The summed E-state index contributed by atoms with van der Waals surface area (Å²) < 4.78 is 1.73. The maximum Gasteiger partial charge on any atom is 0.273 e. The van der Waals surface area contributed by atoms with E-state index in [0.717, 1.165) is 0 Å². The molecular weight excluding hydrogens is 242 g/mol. The second-order valence-corrected chi connectivity index (χ2v) is 3.83. The third-order valence-electron chi connectivity index (χ3n) is 2.46. The third kappa shape index (κ3) is 3.21. The lowest BCUT2D eigenvalue weighted by molar-refractivity contribution is 0.101. The molecule has 0 aliphatic carbocycles. The van der Waals surface area contributed by atoms with Crippen LogP contribution in [0, 0.1) is 11.8 Å². The predicted molar refractivity (Wildman–Crippen MR) is 71.6 cm³/mol. The van der Waals surface area contributed by atoms with Crippen LogP contribution in [0.15, 0.2) is 36.5 Å². The molecule has 0 saturated carbocycles. The van der Waals surface area contributed by atoms with Gasteiger partial charge in [-0.2, -0.15) is 0 Å². The number of carbonyl (C=O) groups is 1. The molecule has 0 aliphatic heterocycles. The van der Waals surface area contributed by atoms with Gasteiger partial charge in [-0.3, -0.25) is 4.79 Å². The van der Waals surface area contributed by atoms with E-state index in [2.05, 4.69) is 22.1 Å². The molecule has 0 atom stereocenters. The predicted octanol–water partition coefficient (Wildman–Crippen LogP) is 1.02. The fourth-order valence-corrected chi connectivity index (χ4v) is 1.58. The molecule has 2 aromatic heterocycles. The number of aryl methyl sites for hydroxylation is 1. The average molecular weight is 255 g/mol. The fraction of sp³-hybridized carbons (Fsp3) is 0.143. The van der Waals surface area contributed by atoms with E-state index in [4.69, 9.17) is 5.11 Å². The van der Waals surface area contributed by atoms with Crippen LogP contribution in [0.25, 0.3) is 0 Å². The number of hydrogen-bond acceptors (Lipinski definition) is 3. The SMILES string of the molecule is Cn1cccc1C(=O)Nc1cccc(C#CCO)n1. The molecular formula is C14H13N3O2. The third-order valence-corrected chi connectivity index (χ3v) is 2.46. The molecule has 2 heterocycles. The van der Waals surface area contributed by atoms with E-state index in [-0.39, 0.29) is 12.5 Å². The monoisotopic (exact) mass is 255 g/mol. The molecule has 0 bridgehead atoms. The number of aliphatic hydroxyl groups excluding tert-OH is 1. The lowest BCUT2D eigenvalue weighted by atomic mass is 10.3. The van der Waals surface area contributed by atoms with Crippen LogP contribution in [-0.2, 0) is 7.05 Å². The number of amides is 1. The Morgan fingerprint density at radius 2 is 2.26 bits per heavy atom. The van der Waals surface area contributed by atoms with Crippen LogP contribution in [0.3, 0.4) is 0 Å². The Kier molecular flexibility index (Phi) is 3.96. The van der Waals surface area contributed by atoms with Crippen molar-refractivity contribution >= 4 is 11.7 Å². The van der Waals surface area contributed by atoms with Crippen LogP contribution in [0.2, 0.25) is 0 Å². The summed E-state index contributed by atoms with van der Waals surface area (Å²) in [7, 11) is 1.80. The van der Waals surface area contributed by atoms with Crippen molar-refractivity contribution in [1.29, 1.82) is 0 Å². The van der Waals surface area contributed by atoms with E-state index >= 15 is 0 Å². The zero-order valence-corrected chi connectivity index (χ0v) is 10.4. The van der Waals surface area contributed by atoms with E-state index in [1.165, 1.54) is 0 Å². The van der Waals surface area contributed by atoms with E-state index in [1.807, 2.05) is 0 Å². The quantitative estimate of drug-likeness (QED) is 0.787. The van der Waals surface area contributed by atoms with Crippen molar-refractivity contribution in [1.82, 2.24) is 9.55 Å². The highest BCUT2D eigenvalue weighted by molar-refractivity contribution is 6.02. The highest BCUT2D eigenvalue weighted by Gasteiger charge is 2.09. The summed E-state index contributed by atoms with van der Waals surface area (Å²) in [6.45, 7) is -0.221. The van der Waals surface area contributed by atoms with Gasteiger partial charge in [-0.1, -0.05) is 12.0 Å². The summed E-state index contributed by atoms with van der Waals surface area (Å²) in [5, 5.41) is 11.3. The van der Waals surface area contributed by atoms with Gasteiger partial charge >= 0.3 is 0 Å². The second-order valence-electron chi connectivity index (χ2n) is 3.83. The molecule has 0 saturated heterocycles. The first-order valence-electron chi connectivity index (χ1n) is 5.70. The van der Waals surface area contributed by atoms with Crippen molar-refractivity contribution < 1.29 is 9.90 Å². The van der Waals surface area contributed by atoms with Gasteiger partial charge in [0.2, 0.25) is 0 Å². The Morgan fingerprint density at radius 3 is 2.95 bits per heavy atom. The van der Waals surface area contributed by atoms with Crippen LogP contribution < -0.4 is 5.32 Å². The highest BCUT2D eigenvalue weighted by atomic mass is 16.2. The van der Waals surface area contributed by atoms with Crippen LogP contribution in [-0.4, -0.2) is 27.2 Å². The average Bonchev–Trinajstić information content (AvgIpc) is 2.83. The van der Waals surface area contributed by atoms with Crippen LogP contribution in [0.5, 0.6) is 0 Å². The molecule has 5 nitrogen and oxygen atoms in total. The van der Waals surface area contributed by atoms with Crippen molar-refractivity contribution in [3.8, 4) is 11.8 Å². The van der Waals surface area contributed by atoms with Crippen LogP contribution >= 0.6 is 0 Å². The Hall–Kier alpha value is -2.58. The van der Waals surface area contributed by atoms with E-state index < -0.39 is 0 Å². The molecule has 5 heteroatoms. The fourth-order valence-electron chi connectivity index (χ4n) is 1.58. The molecule has 0 unspecified atom stereocenters. The van der Waals surface area contributed by atoms with Crippen molar-refractivity contribution in [3.05, 3.63) is 47.9 Å². The van der Waals surface area contributed by atoms with Crippen molar-refractivity contribution in [2.45, 2.75) is 0 Å². The summed E-state index contributed by atoms with van der Waals surface area (Å²) in [4.78, 5) is 16.1. The molecule has 0 fully saturated rings. The zero-order chi connectivity index (χ0) is 13.7. The minimum atomic E-state index is -0.229.